The third-order valence-corrected chi connectivity index (χ3v) is 7.17. The van der Waals surface area contributed by atoms with Crippen LogP contribution in [-0.4, -0.2) is 40.6 Å². The average Bonchev–Trinajstić information content (AvgIpc) is 3.32. The molecule has 0 aliphatic carbocycles. The standard InChI is InChI=1S/C26H24N2O6/c1-3-26(25(32)33)21-20(22(27-26)17-12-11-15(34-2)13-19(17)29)23(30)28(24(21)31)18-10-6-8-14-7-4-5-9-16(14)18/h4-13,20-22,27,29H,3H2,1-2H3,(H,32,33)/t20-,21-,22+,26-/m0/s1. The van der Waals surface area contributed by atoms with E-state index in [9.17, 15) is 24.6 Å². The molecule has 0 spiro atoms. The Hall–Kier alpha value is -3.91. The van der Waals surface area contributed by atoms with Gasteiger partial charge in [-0.15, -0.1) is 0 Å². The van der Waals surface area contributed by atoms with E-state index >= 15 is 0 Å². The number of imide groups is 1. The highest BCUT2D eigenvalue weighted by Crippen LogP contribution is 2.52. The summed E-state index contributed by atoms with van der Waals surface area (Å²) in [4.78, 5) is 41.3. The Kier molecular flexibility index (Phi) is 5.06. The molecule has 2 saturated heterocycles. The molecule has 2 aliphatic rings. The van der Waals surface area contributed by atoms with E-state index in [0.29, 0.717) is 17.0 Å². The number of carbonyl (C=O) groups is 3. The molecular formula is C26H24N2O6. The first-order chi connectivity index (χ1) is 16.3. The first-order valence-electron chi connectivity index (χ1n) is 11.1. The van der Waals surface area contributed by atoms with E-state index in [4.69, 9.17) is 4.74 Å². The summed E-state index contributed by atoms with van der Waals surface area (Å²) in [6.45, 7) is 1.67. The largest absolute Gasteiger partial charge is 0.507 e. The van der Waals surface area contributed by atoms with Crippen LogP contribution in [0.5, 0.6) is 11.5 Å². The van der Waals surface area contributed by atoms with Crippen molar-refractivity contribution in [1.82, 2.24) is 5.32 Å². The fourth-order valence-electron chi connectivity index (χ4n) is 5.50. The summed E-state index contributed by atoms with van der Waals surface area (Å²) in [6.07, 6.45) is 0.0827. The molecule has 4 atom stereocenters. The van der Waals surface area contributed by atoms with E-state index in [1.54, 1.807) is 31.2 Å². The molecule has 3 aromatic rings. The predicted molar refractivity (Wildman–Crippen MR) is 125 cm³/mol. The zero-order chi connectivity index (χ0) is 24.2. The van der Waals surface area contributed by atoms with Gasteiger partial charge in [0, 0.05) is 23.1 Å². The number of anilines is 1. The van der Waals surface area contributed by atoms with Gasteiger partial charge in [0.2, 0.25) is 11.8 Å². The Balaban J connectivity index is 1.68. The van der Waals surface area contributed by atoms with Crippen LogP contribution in [0, 0.1) is 11.8 Å². The molecule has 8 nitrogen and oxygen atoms in total. The first-order valence-corrected chi connectivity index (χ1v) is 11.1. The summed E-state index contributed by atoms with van der Waals surface area (Å²) in [6, 6.07) is 16.5. The smallest absolute Gasteiger partial charge is 0.324 e. The quantitative estimate of drug-likeness (QED) is 0.501. The number of phenolic OH excluding ortho intramolecular Hbond substituents is 1. The van der Waals surface area contributed by atoms with Crippen molar-refractivity contribution in [3.8, 4) is 11.5 Å². The summed E-state index contributed by atoms with van der Waals surface area (Å²) in [5.41, 5.74) is -0.891. The number of aromatic hydroxyl groups is 1. The van der Waals surface area contributed by atoms with Crippen LogP contribution >= 0.6 is 0 Å². The van der Waals surface area contributed by atoms with Crippen LogP contribution in [0.2, 0.25) is 0 Å². The lowest BCUT2D eigenvalue weighted by atomic mass is 9.78. The van der Waals surface area contributed by atoms with Gasteiger partial charge in [0.05, 0.1) is 24.6 Å². The number of aliphatic carboxylic acids is 1. The molecule has 0 radical (unpaired) electrons. The van der Waals surface area contributed by atoms with Crippen molar-refractivity contribution in [3.05, 3.63) is 66.2 Å². The Morgan fingerprint density at radius 3 is 2.50 bits per heavy atom. The normalized spacial score (nSPS) is 26.2. The molecular weight excluding hydrogens is 436 g/mol. The topological polar surface area (TPSA) is 116 Å². The van der Waals surface area contributed by atoms with Crippen molar-refractivity contribution in [3.63, 3.8) is 0 Å². The lowest BCUT2D eigenvalue weighted by Gasteiger charge is -2.30. The molecule has 2 heterocycles. The summed E-state index contributed by atoms with van der Waals surface area (Å²) < 4.78 is 5.15. The van der Waals surface area contributed by atoms with E-state index in [-0.39, 0.29) is 12.2 Å². The van der Waals surface area contributed by atoms with Crippen LogP contribution in [0.15, 0.2) is 60.7 Å². The lowest BCUT2D eigenvalue weighted by Crippen LogP contribution is -2.55. The third kappa shape index (κ3) is 2.92. The maximum atomic E-state index is 13.9. The van der Waals surface area contributed by atoms with Crippen LogP contribution in [-0.2, 0) is 14.4 Å². The zero-order valence-electron chi connectivity index (χ0n) is 18.7. The van der Waals surface area contributed by atoms with E-state index in [1.165, 1.54) is 13.2 Å². The fourth-order valence-corrected chi connectivity index (χ4v) is 5.50. The van der Waals surface area contributed by atoms with Crippen LogP contribution in [0.3, 0.4) is 0 Å². The van der Waals surface area contributed by atoms with Gasteiger partial charge in [-0.25, -0.2) is 4.90 Å². The highest BCUT2D eigenvalue weighted by Gasteiger charge is 2.68. The van der Waals surface area contributed by atoms with Gasteiger partial charge in [0.25, 0.3) is 0 Å². The van der Waals surface area contributed by atoms with Gasteiger partial charge in [0.15, 0.2) is 0 Å². The number of nitrogens with zero attached hydrogens (tertiary/aromatic N) is 1. The second-order valence-electron chi connectivity index (χ2n) is 8.69. The first kappa shape index (κ1) is 21.9. The van der Waals surface area contributed by atoms with Crippen LogP contribution < -0.4 is 15.0 Å². The molecule has 2 amide bonds. The zero-order valence-corrected chi connectivity index (χ0v) is 18.7. The van der Waals surface area contributed by atoms with Gasteiger partial charge in [-0.1, -0.05) is 49.4 Å². The maximum absolute atomic E-state index is 13.9. The minimum Gasteiger partial charge on any atom is -0.507 e. The SMILES string of the molecule is CC[C@]1(C(=O)O)N[C@H](c2ccc(OC)cc2O)[C@H]2C(=O)N(c3cccc4ccccc34)C(=O)[C@H]21. The summed E-state index contributed by atoms with van der Waals surface area (Å²) in [7, 11) is 1.46. The number of rotatable bonds is 5. The van der Waals surface area contributed by atoms with Crippen molar-refractivity contribution in [1.29, 1.82) is 0 Å². The van der Waals surface area contributed by atoms with Gasteiger partial charge < -0.3 is 14.9 Å². The molecule has 3 N–H and O–H groups in total. The van der Waals surface area contributed by atoms with E-state index in [0.717, 1.165) is 15.7 Å². The number of phenols is 1. The minimum atomic E-state index is -1.66. The molecule has 0 unspecified atom stereocenters. The number of hydrogen-bond donors (Lipinski definition) is 3. The van der Waals surface area contributed by atoms with Crippen molar-refractivity contribution in [2.24, 2.45) is 11.8 Å². The highest BCUT2D eigenvalue weighted by molar-refractivity contribution is 6.26. The molecule has 0 aromatic heterocycles. The number of nitrogens with one attached hydrogen (secondary N) is 1. The average molecular weight is 460 g/mol. The maximum Gasteiger partial charge on any atom is 0.324 e. The number of amides is 2. The molecule has 3 aromatic carbocycles. The number of methoxy groups -OCH3 is 1. The molecule has 8 heteroatoms. The van der Waals surface area contributed by atoms with Crippen molar-refractivity contribution in [2.45, 2.75) is 24.9 Å². The Morgan fingerprint density at radius 1 is 1.09 bits per heavy atom. The highest BCUT2D eigenvalue weighted by atomic mass is 16.5. The lowest BCUT2D eigenvalue weighted by molar-refractivity contribution is -0.149. The molecule has 174 valence electrons. The van der Waals surface area contributed by atoms with Crippen molar-refractivity contribution < 1.29 is 29.3 Å². The molecule has 0 bridgehead atoms. The van der Waals surface area contributed by atoms with E-state index < -0.39 is 41.2 Å². The second kappa shape index (κ2) is 7.85. The van der Waals surface area contributed by atoms with E-state index in [1.807, 2.05) is 30.3 Å². The molecule has 0 saturated carbocycles. The van der Waals surface area contributed by atoms with Gasteiger partial charge in [-0.2, -0.15) is 0 Å². The van der Waals surface area contributed by atoms with Crippen molar-refractivity contribution in [2.75, 3.05) is 12.0 Å². The molecule has 5 rings (SSSR count). The number of hydrogen-bond acceptors (Lipinski definition) is 6. The molecule has 2 aliphatic heterocycles. The number of fused-ring (bicyclic) bond motifs is 2. The predicted octanol–water partition coefficient (Wildman–Crippen LogP) is 3.24. The third-order valence-electron chi connectivity index (χ3n) is 7.17. The van der Waals surface area contributed by atoms with Crippen LogP contribution in [0.25, 0.3) is 10.8 Å². The van der Waals surface area contributed by atoms with Gasteiger partial charge in [0.1, 0.15) is 17.0 Å². The number of carboxylic acids is 1. The minimum absolute atomic E-state index is 0.0827. The second-order valence-corrected chi connectivity index (χ2v) is 8.69. The number of carbonyl (C=O) groups excluding carboxylic acids is 2. The molecule has 34 heavy (non-hydrogen) atoms. The van der Waals surface area contributed by atoms with Gasteiger partial charge >= 0.3 is 5.97 Å². The van der Waals surface area contributed by atoms with Gasteiger partial charge in [-0.3, -0.25) is 19.7 Å². The van der Waals surface area contributed by atoms with E-state index in [2.05, 4.69) is 5.32 Å². The Bertz CT molecular complexity index is 1330. The Labute approximate surface area is 195 Å². The fraction of sp³-hybridized carbons (Fsp3) is 0.269. The van der Waals surface area contributed by atoms with Gasteiger partial charge in [-0.05, 0) is 23.9 Å². The number of benzene rings is 3. The number of ether oxygens (including phenoxy) is 1. The monoisotopic (exact) mass is 460 g/mol. The summed E-state index contributed by atoms with van der Waals surface area (Å²) >= 11 is 0. The summed E-state index contributed by atoms with van der Waals surface area (Å²) in [5, 5.41) is 25.6. The van der Waals surface area contributed by atoms with Crippen LogP contribution in [0.1, 0.15) is 24.9 Å². The van der Waals surface area contributed by atoms with Crippen molar-refractivity contribution >= 4 is 34.2 Å². The Morgan fingerprint density at radius 2 is 1.82 bits per heavy atom. The summed E-state index contributed by atoms with van der Waals surface area (Å²) in [5.74, 6) is -4.11. The molecule has 2 fully saturated rings. The van der Waals surface area contributed by atoms with Crippen LogP contribution in [0.4, 0.5) is 5.69 Å². The number of carboxylic acid groups (broad SMARTS) is 1.